The molecule has 1 aromatic carbocycles. The molecule has 24 heavy (non-hydrogen) atoms. The van der Waals surface area contributed by atoms with Gasteiger partial charge in [-0.1, -0.05) is 30.3 Å². The minimum atomic E-state index is -0.430. The van der Waals surface area contributed by atoms with Gasteiger partial charge in [0.1, 0.15) is 12.6 Å². The number of nitrogens with zero attached hydrogens (tertiary/aromatic N) is 1. The zero-order chi connectivity index (χ0) is 17.2. The summed E-state index contributed by atoms with van der Waals surface area (Å²) < 4.78 is 10.6. The first kappa shape index (κ1) is 18.3. The van der Waals surface area contributed by atoms with Gasteiger partial charge in [-0.3, -0.25) is 9.69 Å². The van der Waals surface area contributed by atoms with Crippen molar-refractivity contribution in [3.05, 3.63) is 35.9 Å². The van der Waals surface area contributed by atoms with Crippen molar-refractivity contribution in [1.82, 2.24) is 10.2 Å². The monoisotopic (exact) mass is 334 g/mol. The Kier molecular flexibility index (Phi) is 7.55. The standard InChI is InChI=1S/C18H26N2O4/c1-2-23-13-7-11-19-17(21)16-10-6-12-20(16)18(22)24-14-15-8-4-3-5-9-15/h3-5,8-9,16H,2,6-7,10-14H2,1H3,(H,19,21)/t16-/m0/s1. The van der Waals surface area contributed by atoms with Crippen LogP contribution in [0.1, 0.15) is 31.7 Å². The molecular formula is C18H26N2O4. The van der Waals surface area contributed by atoms with E-state index < -0.39 is 12.1 Å². The molecule has 0 bridgehead atoms. The Morgan fingerprint density at radius 2 is 2.08 bits per heavy atom. The number of benzene rings is 1. The predicted octanol–water partition coefficient (Wildman–Crippen LogP) is 2.33. The van der Waals surface area contributed by atoms with Gasteiger partial charge in [-0.25, -0.2) is 4.79 Å². The van der Waals surface area contributed by atoms with Crippen LogP contribution in [0.5, 0.6) is 0 Å². The molecule has 0 aliphatic carbocycles. The molecule has 1 atom stereocenters. The Hall–Kier alpha value is -2.08. The van der Waals surface area contributed by atoms with Gasteiger partial charge in [0.15, 0.2) is 0 Å². The number of carbonyl (C=O) groups is 2. The van der Waals surface area contributed by atoms with Gasteiger partial charge in [-0.05, 0) is 31.7 Å². The topological polar surface area (TPSA) is 67.9 Å². The third kappa shape index (κ3) is 5.53. The van der Waals surface area contributed by atoms with E-state index in [4.69, 9.17) is 9.47 Å². The van der Waals surface area contributed by atoms with Gasteiger partial charge < -0.3 is 14.8 Å². The van der Waals surface area contributed by atoms with Gasteiger partial charge >= 0.3 is 6.09 Å². The number of rotatable bonds is 8. The normalized spacial score (nSPS) is 16.9. The van der Waals surface area contributed by atoms with Crippen LogP contribution in [0.2, 0.25) is 0 Å². The van der Waals surface area contributed by atoms with Crippen molar-refractivity contribution in [2.24, 2.45) is 0 Å². The van der Waals surface area contributed by atoms with E-state index in [9.17, 15) is 9.59 Å². The van der Waals surface area contributed by atoms with Crippen molar-refractivity contribution in [2.75, 3.05) is 26.3 Å². The Bertz CT molecular complexity index is 521. The molecule has 0 spiro atoms. The number of nitrogens with one attached hydrogen (secondary N) is 1. The zero-order valence-electron chi connectivity index (χ0n) is 14.2. The van der Waals surface area contributed by atoms with Gasteiger partial charge in [-0.15, -0.1) is 0 Å². The number of hydrogen-bond acceptors (Lipinski definition) is 4. The van der Waals surface area contributed by atoms with Gasteiger partial charge in [0.05, 0.1) is 0 Å². The largest absolute Gasteiger partial charge is 0.445 e. The van der Waals surface area contributed by atoms with Gasteiger partial charge in [0.25, 0.3) is 0 Å². The molecule has 1 fully saturated rings. The molecule has 2 amide bonds. The van der Waals surface area contributed by atoms with Crippen LogP contribution < -0.4 is 5.32 Å². The van der Waals surface area contributed by atoms with E-state index in [1.807, 2.05) is 37.3 Å². The van der Waals surface area contributed by atoms with Crippen molar-refractivity contribution < 1.29 is 19.1 Å². The van der Waals surface area contributed by atoms with Crippen LogP contribution in [0.4, 0.5) is 4.79 Å². The van der Waals surface area contributed by atoms with Crippen LogP contribution in [0, 0.1) is 0 Å². The molecule has 6 nitrogen and oxygen atoms in total. The van der Waals surface area contributed by atoms with Crippen LogP contribution in [0.15, 0.2) is 30.3 Å². The number of amides is 2. The minimum absolute atomic E-state index is 0.111. The summed E-state index contributed by atoms with van der Waals surface area (Å²) in [6, 6.07) is 9.09. The Morgan fingerprint density at radius 3 is 2.83 bits per heavy atom. The molecule has 0 saturated carbocycles. The summed E-state index contributed by atoms with van der Waals surface area (Å²) in [5.41, 5.74) is 0.932. The lowest BCUT2D eigenvalue weighted by Crippen LogP contribution is -2.46. The summed E-state index contributed by atoms with van der Waals surface area (Å²) in [4.78, 5) is 26.0. The van der Waals surface area contributed by atoms with Crippen molar-refractivity contribution in [2.45, 2.75) is 38.8 Å². The van der Waals surface area contributed by atoms with Crippen LogP contribution in [-0.4, -0.2) is 49.2 Å². The lowest BCUT2D eigenvalue weighted by Gasteiger charge is -2.23. The average Bonchev–Trinajstić information content (AvgIpc) is 3.10. The highest BCUT2D eigenvalue weighted by Crippen LogP contribution is 2.19. The molecular weight excluding hydrogens is 308 g/mol. The number of likely N-dealkylation sites (tertiary alicyclic amines) is 1. The molecule has 0 radical (unpaired) electrons. The minimum Gasteiger partial charge on any atom is -0.445 e. The first-order chi connectivity index (χ1) is 11.7. The highest BCUT2D eigenvalue weighted by Gasteiger charge is 2.34. The quantitative estimate of drug-likeness (QED) is 0.741. The molecule has 1 saturated heterocycles. The molecule has 0 unspecified atom stereocenters. The fourth-order valence-corrected chi connectivity index (χ4v) is 2.71. The van der Waals surface area contributed by atoms with Gasteiger partial charge in [-0.2, -0.15) is 0 Å². The number of carbonyl (C=O) groups excluding carboxylic acids is 2. The first-order valence-corrected chi connectivity index (χ1v) is 8.55. The van der Waals surface area contributed by atoms with E-state index in [-0.39, 0.29) is 12.5 Å². The summed E-state index contributed by atoms with van der Waals surface area (Å²) in [7, 11) is 0. The second kappa shape index (κ2) is 9.93. The molecule has 1 N–H and O–H groups in total. The molecule has 6 heteroatoms. The second-order valence-corrected chi connectivity index (χ2v) is 5.73. The summed E-state index contributed by atoms with van der Waals surface area (Å²) >= 11 is 0. The third-order valence-electron chi connectivity index (χ3n) is 3.96. The maximum atomic E-state index is 12.3. The van der Waals surface area contributed by atoms with Crippen LogP contribution in [0.25, 0.3) is 0 Å². The third-order valence-corrected chi connectivity index (χ3v) is 3.96. The van der Waals surface area contributed by atoms with Crippen LogP contribution in [0.3, 0.4) is 0 Å². The molecule has 1 aromatic rings. The highest BCUT2D eigenvalue weighted by molar-refractivity contribution is 5.86. The second-order valence-electron chi connectivity index (χ2n) is 5.73. The van der Waals surface area contributed by atoms with Crippen LogP contribution >= 0.6 is 0 Å². The lowest BCUT2D eigenvalue weighted by molar-refractivity contribution is -0.125. The molecule has 1 aliphatic rings. The first-order valence-electron chi connectivity index (χ1n) is 8.55. The molecule has 1 aliphatic heterocycles. The molecule has 0 aromatic heterocycles. The van der Waals surface area contributed by atoms with E-state index >= 15 is 0 Å². The van der Waals surface area contributed by atoms with Gasteiger partial charge in [0, 0.05) is 26.3 Å². The summed E-state index contributed by atoms with van der Waals surface area (Å²) in [5.74, 6) is -0.111. The number of ether oxygens (including phenoxy) is 2. The fourth-order valence-electron chi connectivity index (χ4n) is 2.71. The van der Waals surface area contributed by atoms with E-state index in [0.29, 0.717) is 32.7 Å². The van der Waals surface area contributed by atoms with E-state index in [1.165, 1.54) is 4.90 Å². The Morgan fingerprint density at radius 1 is 1.29 bits per heavy atom. The predicted molar refractivity (Wildman–Crippen MR) is 90.5 cm³/mol. The summed E-state index contributed by atoms with van der Waals surface area (Å²) in [5, 5.41) is 2.87. The average molecular weight is 334 g/mol. The lowest BCUT2D eigenvalue weighted by atomic mass is 10.2. The maximum Gasteiger partial charge on any atom is 0.410 e. The summed E-state index contributed by atoms with van der Waals surface area (Å²) in [6.45, 7) is 4.59. The smallest absolute Gasteiger partial charge is 0.410 e. The SMILES string of the molecule is CCOCCCNC(=O)[C@@H]1CCCN1C(=O)OCc1ccccc1. The maximum absolute atomic E-state index is 12.3. The number of hydrogen-bond donors (Lipinski definition) is 1. The zero-order valence-corrected chi connectivity index (χ0v) is 14.2. The van der Waals surface area contributed by atoms with Gasteiger partial charge in [0.2, 0.25) is 5.91 Å². The van der Waals surface area contributed by atoms with E-state index in [0.717, 1.165) is 18.4 Å². The van der Waals surface area contributed by atoms with Crippen LogP contribution in [-0.2, 0) is 20.9 Å². The van der Waals surface area contributed by atoms with Crippen molar-refractivity contribution in [3.63, 3.8) is 0 Å². The van der Waals surface area contributed by atoms with Crippen molar-refractivity contribution >= 4 is 12.0 Å². The molecule has 1 heterocycles. The highest BCUT2D eigenvalue weighted by atomic mass is 16.6. The summed E-state index contributed by atoms with van der Waals surface area (Å²) in [6.07, 6.45) is 1.84. The molecule has 2 rings (SSSR count). The van der Waals surface area contributed by atoms with Crippen molar-refractivity contribution in [1.29, 1.82) is 0 Å². The molecule has 132 valence electrons. The van der Waals surface area contributed by atoms with E-state index in [2.05, 4.69) is 5.32 Å². The van der Waals surface area contributed by atoms with Crippen molar-refractivity contribution in [3.8, 4) is 0 Å². The van der Waals surface area contributed by atoms with E-state index in [1.54, 1.807) is 0 Å². The fraction of sp³-hybridized carbons (Fsp3) is 0.556. The Balaban J connectivity index is 1.76. The Labute approximate surface area is 143 Å².